The zero-order valence-electron chi connectivity index (χ0n) is 10.6. The first-order valence-corrected chi connectivity index (χ1v) is 7.02. The minimum absolute atomic E-state index is 0.0242. The first kappa shape index (κ1) is 13.7. The van der Waals surface area contributed by atoms with E-state index in [1.165, 1.54) is 16.7 Å². The Labute approximate surface area is 116 Å². The van der Waals surface area contributed by atoms with Crippen LogP contribution in [-0.2, 0) is 4.74 Å². The molecule has 2 rings (SSSR count). The number of ketones is 1. The van der Waals surface area contributed by atoms with Crippen molar-refractivity contribution >= 4 is 23.6 Å². The molecule has 1 aromatic rings. The van der Waals surface area contributed by atoms with Gasteiger partial charge in [0.1, 0.15) is 0 Å². The molecule has 0 bridgehead atoms. The van der Waals surface area contributed by atoms with Crippen LogP contribution in [0.3, 0.4) is 0 Å². The van der Waals surface area contributed by atoms with E-state index in [-0.39, 0.29) is 17.6 Å². The van der Waals surface area contributed by atoms with E-state index in [4.69, 9.17) is 4.74 Å². The van der Waals surface area contributed by atoms with Crippen LogP contribution < -0.4 is 0 Å². The van der Waals surface area contributed by atoms with Crippen molar-refractivity contribution in [1.29, 1.82) is 0 Å². The van der Waals surface area contributed by atoms with E-state index in [1.54, 1.807) is 30.7 Å². The predicted octanol–water partition coefficient (Wildman–Crippen LogP) is 3.26. The predicted molar refractivity (Wildman–Crippen MR) is 74.8 cm³/mol. The SMILES string of the molecule is CCOC(=O)N1C=CSC1CC(=O)c1ccccc1. The Morgan fingerprint density at radius 2 is 2.05 bits per heavy atom. The maximum absolute atomic E-state index is 12.1. The summed E-state index contributed by atoms with van der Waals surface area (Å²) in [6.45, 7) is 2.09. The third kappa shape index (κ3) is 3.38. The van der Waals surface area contributed by atoms with Crippen molar-refractivity contribution in [3.8, 4) is 0 Å². The van der Waals surface area contributed by atoms with Gasteiger partial charge in [0.25, 0.3) is 0 Å². The van der Waals surface area contributed by atoms with Crippen LogP contribution in [0.15, 0.2) is 41.9 Å². The van der Waals surface area contributed by atoms with E-state index < -0.39 is 6.09 Å². The fourth-order valence-electron chi connectivity index (χ4n) is 1.78. The summed E-state index contributed by atoms with van der Waals surface area (Å²) < 4.78 is 4.95. The minimum atomic E-state index is -0.408. The molecule has 0 fully saturated rings. The normalized spacial score (nSPS) is 17.5. The first-order chi connectivity index (χ1) is 9.22. The molecule has 4 nitrogen and oxygen atoms in total. The number of Topliss-reactive ketones (excluding diaryl/α,β-unsaturated/α-hetero) is 1. The Bertz CT molecular complexity index is 487. The van der Waals surface area contributed by atoms with Gasteiger partial charge in [-0.2, -0.15) is 0 Å². The van der Waals surface area contributed by atoms with Crippen LogP contribution in [0.2, 0.25) is 0 Å². The van der Waals surface area contributed by atoms with E-state index in [0.29, 0.717) is 12.2 Å². The number of hydrogen-bond acceptors (Lipinski definition) is 4. The Morgan fingerprint density at radius 3 is 2.74 bits per heavy atom. The van der Waals surface area contributed by atoms with Gasteiger partial charge in [-0.3, -0.25) is 9.69 Å². The lowest BCUT2D eigenvalue weighted by Crippen LogP contribution is -2.33. The molecule has 19 heavy (non-hydrogen) atoms. The van der Waals surface area contributed by atoms with Crippen LogP contribution in [0.4, 0.5) is 4.79 Å². The molecule has 0 N–H and O–H groups in total. The second-order valence-electron chi connectivity index (χ2n) is 3.98. The molecule has 1 atom stereocenters. The van der Waals surface area contributed by atoms with Crippen LogP contribution in [0.25, 0.3) is 0 Å². The monoisotopic (exact) mass is 277 g/mol. The standard InChI is InChI=1S/C14H15NO3S/c1-2-18-14(17)15-8-9-19-13(15)10-12(16)11-6-4-3-5-7-11/h3-9,13H,2,10H2,1H3. The van der Waals surface area contributed by atoms with E-state index in [1.807, 2.05) is 18.2 Å². The number of benzene rings is 1. The summed E-state index contributed by atoms with van der Waals surface area (Å²) in [4.78, 5) is 25.3. The van der Waals surface area contributed by atoms with Gasteiger partial charge in [-0.15, -0.1) is 11.8 Å². The van der Waals surface area contributed by atoms with Crippen LogP contribution in [-0.4, -0.2) is 28.8 Å². The molecule has 0 radical (unpaired) electrons. The van der Waals surface area contributed by atoms with Crippen molar-refractivity contribution in [1.82, 2.24) is 4.90 Å². The molecule has 1 aromatic carbocycles. The summed E-state index contributed by atoms with van der Waals surface area (Å²) in [5.41, 5.74) is 0.666. The van der Waals surface area contributed by atoms with E-state index in [9.17, 15) is 9.59 Å². The Balaban J connectivity index is 1.99. The third-order valence-electron chi connectivity index (χ3n) is 2.70. The summed E-state index contributed by atoms with van der Waals surface area (Å²) in [7, 11) is 0. The second-order valence-corrected chi connectivity index (χ2v) is 5.06. The van der Waals surface area contributed by atoms with Crippen LogP contribution in [0, 0.1) is 0 Å². The Morgan fingerprint density at radius 1 is 1.32 bits per heavy atom. The maximum Gasteiger partial charge on any atom is 0.414 e. The van der Waals surface area contributed by atoms with E-state index in [0.717, 1.165) is 0 Å². The number of rotatable bonds is 4. The highest BCUT2D eigenvalue weighted by Crippen LogP contribution is 2.29. The maximum atomic E-state index is 12.1. The molecular formula is C14H15NO3S. The van der Waals surface area contributed by atoms with Gasteiger partial charge >= 0.3 is 6.09 Å². The third-order valence-corrected chi connectivity index (χ3v) is 3.69. The molecular weight excluding hydrogens is 262 g/mol. The highest BCUT2D eigenvalue weighted by Gasteiger charge is 2.28. The van der Waals surface area contributed by atoms with E-state index >= 15 is 0 Å². The summed E-state index contributed by atoms with van der Waals surface area (Å²) >= 11 is 1.45. The van der Waals surface area contributed by atoms with Gasteiger partial charge < -0.3 is 4.74 Å². The average Bonchev–Trinajstić information content (AvgIpc) is 2.88. The number of ether oxygens (including phenoxy) is 1. The number of nitrogens with zero attached hydrogens (tertiary/aromatic N) is 1. The molecule has 1 unspecified atom stereocenters. The Hall–Kier alpha value is -1.75. The summed E-state index contributed by atoms with van der Waals surface area (Å²) in [6.07, 6.45) is 1.53. The van der Waals surface area contributed by atoms with Gasteiger partial charge in [0.15, 0.2) is 5.78 Å². The number of carbonyl (C=O) groups is 2. The van der Waals surface area contributed by atoms with Crippen molar-refractivity contribution in [3.05, 3.63) is 47.5 Å². The number of carbonyl (C=O) groups excluding carboxylic acids is 2. The van der Waals surface area contributed by atoms with Crippen molar-refractivity contribution in [2.24, 2.45) is 0 Å². The average molecular weight is 277 g/mol. The van der Waals surface area contributed by atoms with Gasteiger partial charge in [-0.1, -0.05) is 30.3 Å². The molecule has 5 heteroatoms. The molecule has 100 valence electrons. The molecule has 1 aliphatic rings. The zero-order chi connectivity index (χ0) is 13.7. The molecule has 1 aliphatic heterocycles. The largest absolute Gasteiger partial charge is 0.449 e. The van der Waals surface area contributed by atoms with Crippen LogP contribution in [0.5, 0.6) is 0 Å². The zero-order valence-corrected chi connectivity index (χ0v) is 11.4. The molecule has 0 saturated carbocycles. The summed E-state index contributed by atoms with van der Waals surface area (Å²) in [5, 5.41) is 1.59. The van der Waals surface area contributed by atoms with Crippen molar-refractivity contribution in [3.63, 3.8) is 0 Å². The fraction of sp³-hybridized carbons (Fsp3) is 0.286. The summed E-state index contributed by atoms with van der Waals surface area (Å²) in [5.74, 6) is 0.0242. The van der Waals surface area contributed by atoms with E-state index in [2.05, 4.69) is 0 Å². The number of amides is 1. The molecule has 1 amide bonds. The van der Waals surface area contributed by atoms with Gasteiger partial charge in [-0.25, -0.2) is 4.79 Å². The first-order valence-electron chi connectivity index (χ1n) is 6.08. The summed E-state index contributed by atoms with van der Waals surface area (Å²) in [6, 6.07) is 9.09. The number of hydrogen-bond donors (Lipinski definition) is 0. The molecule has 1 heterocycles. The molecule has 0 saturated heterocycles. The van der Waals surface area contributed by atoms with Crippen LogP contribution in [0.1, 0.15) is 23.7 Å². The lowest BCUT2D eigenvalue weighted by Gasteiger charge is -2.21. The fourth-order valence-corrected chi connectivity index (χ4v) is 2.69. The highest BCUT2D eigenvalue weighted by molar-refractivity contribution is 8.02. The lowest BCUT2D eigenvalue weighted by molar-refractivity contribution is 0.0948. The highest BCUT2D eigenvalue weighted by atomic mass is 32.2. The van der Waals surface area contributed by atoms with Gasteiger partial charge in [0.05, 0.1) is 12.0 Å². The Kier molecular flexibility index (Phi) is 4.63. The second kappa shape index (κ2) is 6.43. The molecule has 0 aromatic heterocycles. The topological polar surface area (TPSA) is 46.6 Å². The van der Waals surface area contributed by atoms with Crippen LogP contribution >= 0.6 is 11.8 Å². The quantitative estimate of drug-likeness (QED) is 0.792. The van der Waals surface area contributed by atoms with Gasteiger partial charge in [0, 0.05) is 18.2 Å². The molecule has 0 aliphatic carbocycles. The van der Waals surface area contributed by atoms with Crippen molar-refractivity contribution < 1.29 is 14.3 Å². The smallest absolute Gasteiger partial charge is 0.414 e. The molecule has 0 spiro atoms. The lowest BCUT2D eigenvalue weighted by atomic mass is 10.1. The van der Waals surface area contributed by atoms with Crippen molar-refractivity contribution in [2.45, 2.75) is 18.7 Å². The van der Waals surface area contributed by atoms with Gasteiger partial charge in [0.2, 0.25) is 0 Å². The van der Waals surface area contributed by atoms with Crippen molar-refractivity contribution in [2.75, 3.05) is 6.61 Å². The number of thioether (sulfide) groups is 1. The minimum Gasteiger partial charge on any atom is -0.449 e. The van der Waals surface area contributed by atoms with Gasteiger partial charge in [-0.05, 0) is 12.3 Å².